The molecule has 0 saturated heterocycles. The van der Waals surface area contributed by atoms with E-state index in [1.807, 2.05) is 25.1 Å². The second-order valence-electron chi connectivity index (χ2n) is 3.52. The van der Waals surface area contributed by atoms with Gasteiger partial charge in [0.15, 0.2) is 5.78 Å². The van der Waals surface area contributed by atoms with Crippen molar-refractivity contribution in [2.75, 3.05) is 0 Å². The topological polar surface area (TPSA) is 30.0 Å². The summed E-state index contributed by atoms with van der Waals surface area (Å²) in [4.78, 5) is 16.1. The van der Waals surface area contributed by atoms with Gasteiger partial charge in [-0.1, -0.05) is 22.0 Å². The highest BCUT2D eigenvalue weighted by Gasteiger charge is 2.11. The Morgan fingerprint density at radius 1 is 1.19 bits per heavy atom. The number of aromatic nitrogens is 1. The van der Waals surface area contributed by atoms with E-state index in [-0.39, 0.29) is 5.78 Å². The fourth-order valence-electron chi connectivity index (χ4n) is 1.50. The summed E-state index contributed by atoms with van der Waals surface area (Å²) in [5, 5.41) is 0. The van der Waals surface area contributed by atoms with Crippen molar-refractivity contribution >= 4 is 21.7 Å². The Morgan fingerprint density at radius 3 is 2.56 bits per heavy atom. The molecule has 0 fully saturated rings. The van der Waals surface area contributed by atoms with Crippen LogP contribution >= 0.6 is 15.9 Å². The van der Waals surface area contributed by atoms with Crippen LogP contribution in [-0.2, 0) is 0 Å². The lowest BCUT2D eigenvalue weighted by molar-refractivity contribution is 0.103. The van der Waals surface area contributed by atoms with Gasteiger partial charge in [-0.3, -0.25) is 9.78 Å². The molecule has 0 N–H and O–H groups in total. The standard InChI is InChI=1S/C13H10BrNO/c1-9-2-3-11(14)8-12(9)13(16)10-4-6-15-7-5-10/h2-8H,1H3. The zero-order valence-corrected chi connectivity index (χ0v) is 10.4. The lowest BCUT2D eigenvalue weighted by Gasteiger charge is -2.05. The van der Waals surface area contributed by atoms with Crippen molar-refractivity contribution in [2.24, 2.45) is 0 Å². The maximum absolute atomic E-state index is 12.2. The molecule has 0 aliphatic rings. The first-order chi connectivity index (χ1) is 7.68. The van der Waals surface area contributed by atoms with E-state index < -0.39 is 0 Å². The van der Waals surface area contributed by atoms with Crippen LogP contribution in [0.3, 0.4) is 0 Å². The van der Waals surface area contributed by atoms with Crippen LogP contribution in [0.25, 0.3) is 0 Å². The highest BCUT2D eigenvalue weighted by atomic mass is 79.9. The largest absolute Gasteiger partial charge is 0.289 e. The Bertz CT molecular complexity index is 523. The fourth-order valence-corrected chi connectivity index (χ4v) is 1.86. The Labute approximate surface area is 102 Å². The summed E-state index contributed by atoms with van der Waals surface area (Å²) in [7, 11) is 0. The number of benzene rings is 1. The van der Waals surface area contributed by atoms with Gasteiger partial charge < -0.3 is 0 Å². The van der Waals surface area contributed by atoms with Gasteiger partial charge >= 0.3 is 0 Å². The molecule has 16 heavy (non-hydrogen) atoms. The molecular weight excluding hydrogens is 266 g/mol. The number of pyridine rings is 1. The van der Waals surface area contributed by atoms with Gasteiger partial charge in [0.05, 0.1) is 0 Å². The van der Waals surface area contributed by atoms with Crippen molar-refractivity contribution in [1.29, 1.82) is 0 Å². The summed E-state index contributed by atoms with van der Waals surface area (Å²) >= 11 is 3.37. The number of carbonyl (C=O) groups excluding carboxylic acids is 1. The summed E-state index contributed by atoms with van der Waals surface area (Å²) in [5.41, 5.74) is 2.36. The van der Waals surface area contributed by atoms with Gasteiger partial charge in [-0.25, -0.2) is 0 Å². The lowest BCUT2D eigenvalue weighted by Crippen LogP contribution is -2.03. The Kier molecular flexibility index (Phi) is 3.15. The second-order valence-corrected chi connectivity index (χ2v) is 4.44. The quantitative estimate of drug-likeness (QED) is 0.787. The molecule has 0 bridgehead atoms. The molecule has 1 aromatic heterocycles. The first kappa shape index (κ1) is 11.0. The van der Waals surface area contributed by atoms with Gasteiger partial charge in [0.25, 0.3) is 0 Å². The molecule has 0 spiro atoms. The first-order valence-corrected chi connectivity index (χ1v) is 5.68. The maximum atomic E-state index is 12.2. The van der Waals surface area contributed by atoms with Crippen molar-refractivity contribution < 1.29 is 4.79 Å². The number of carbonyl (C=O) groups is 1. The van der Waals surface area contributed by atoms with Crippen LogP contribution in [0.5, 0.6) is 0 Å². The van der Waals surface area contributed by atoms with Gasteiger partial charge in [0, 0.05) is 28.0 Å². The van der Waals surface area contributed by atoms with Gasteiger partial charge in [-0.15, -0.1) is 0 Å². The summed E-state index contributed by atoms with van der Waals surface area (Å²) in [6, 6.07) is 9.15. The average Bonchev–Trinajstić information content (AvgIpc) is 2.32. The van der Waals surface area contributed by atoms with E-state index in [1.54, 1.807) is 24.5 Å². The normalized spacial score (nSPS) is 10.1. The number of nitrogens with zero attached hydrogens (tertiary/aromatic N) is 1. The molecule has 0 radical (unpaired) electrons. The van der Waals surface area contributed by atoms with Gasteiger partial charge in [-0.2, -0.15) is 0 Å². The van der Waals surface area contributed by atoms with Crippen molar-refractivity contribution in [3.05, 3.63) is 63.9 Å². The molecule has 80 valence electrons. The van der Waals surface area contributed by atoms with E-state index in [0.717, 1.165) is 15.6 Å². The summed E-state index contributed by atoms with van der Waals surface area (Å²) in [6.45, 7) is 1.93. The van der Waals surface area contributed by atoms with Gasteiger partial charge in [-0.05, 0) is 36.8 Å². The molecule has 0 amide bonds. The van der Waals surface area contributed by atoms with Crippen LogP contribution in [0.15, 0.2) is 47.2 Å². The van der Waals surface area contributed by atoms with Crippen LogP contribution < -0.4 is 0 Å². The van der Waals surface area contributed by atoms with E-state index in [2.05, 4.69) is 20.9 Å². The molecule has 0 aliphatic carbocycles. The minimum atomic E-state index is 0.0289. The lowest BCUT2D eigenvalue weighted by atomic mass is 10.0. The molecule has 3 heteroatoms. The third-order valence-corrected chi connectivity index (χ3v) is 2.88. The van der Waals surface area contributed by atoms with Crippen LogP contribution in [0.1, 0.15) is 21.5 Å². The fraction of sp³-hybridized carbons (Fsp3) is 0.0769. The van der Waals surface area contributed by atoms with Crippen molar-refractivity contribution in [2.45, 2.75) is 6.92 Å². The Balaban J connectivity index is 2.46. The van der Waals surface area contributed by atoms with Crippen LogP contribution in [0.4, 0.5) is 0 Å². The molecular formula is C13H10BrNO. The Morgan fingerprint density at radius 2 is 1.88 bits per heavy atom. The highest BCUT2D eigenvalue weighted by Crippen LogP contribution is 2.19. The van der Waals surface area contributed by atoms with E-state index >= 15 is 0 Å². The summed E-state index contributed by atoms with van der Waals surface area (Å²) in [5.74, 6) is 0.0289. The molecule has 0 atom stereocenters. The molecule has 2 aromatic rings. The smallest absolute Gasteiger partial charge is 0.193 e. The number of halogens is 1. The molecule has 2 nitrogen and oxygen atoms in total. The molecule has 0 unspecified atom stereocenters. The SMILES string of the molecule is Cc1ccc(Br)cc1C(=O)c1ccncc1. The summed E-state index contributed by atoms with van der Waals surface area (Å²) < 4.78 is 0.913. The second kappa shape index (κ2) is 4.58. The number of aryl methyl sites for hydroxylation is 1. The zero-order valence-electron chi connectivity index (χ0n) is 8.77. The monoisotopic (exact) mass is 275 g/mol. The van der Waals surface area contributed by atoms with E-state index in [0.29, 0.717) is 5.56 Å². The van der Waals surface area contributed by atoms with Crippen molar-refractivity contribution in [3.63, 3.8) is 0 Å². The number of hydrogen-bond donors (Lipinski definition) is 0. The van der Waals surface area contributed by atoms with Crippen LogP contribution in [-0.4, -0.2) is 10.8 Å². The predicted octanol–water partition coefficient (Wildman–Crippen LogP) is 3.38. The maximum Gasteiger partial charge on any atom is 0.193 e. The van der Waals surface area contributed by atoms with Gasteiger partial charge in [0.2, 0.25) is 0 Å². The predicted molar refractivity (Wildman–Crippen MR) is 66.5 cm³/mol. The number of ketones is 1. The molecule has 1 heterocycles. The first-order valence-electron chi connectivity index (χ1n) is 4.89. The zero-order chi connectivity index (χ0) is 11.5. The van der Waals surface area contributed by atoms with Crippen molar-refractivity contribution in [3.8, 4) is 0 Å². The molecule has 0 aliphatic heterocycles. The summed E-state index contributed by atoms with van der Waals surface area (Å²) in [6.07, 6.45) is 3.25. The minimum absolute atomic E-state index is 0.0289. The molecule has 1 aromatic carbocycles. The van der Waals surface area contributed by atoms with Gasteiger partial charge in [0.1, 0.15) is 0 Å². The van der Waals surface area contributed by atoms with Crippen molar-refractivity contribution in [1.82, 2.24) is 4.98 Å². The van der Waals surface area contributed by atoms with Crippen LogP contribution in [0.2, 0.25) is 0 Å². The van der Waals surface area contributed by atoms with Crippen LogP contribution in [0, 0.1) is 6.92 Å². The molecule has 0 saturated carbocycles. The Hall–Kier alpha value is -1.48. The minimum Gasteiger partial charge on any atom is -0.289 e. The number of rotatable bonds is 2. The third kappa shape index (κ3) is 2.19. The number of hydrogen-bond acceptors (Lipinski definition) is 2. The third-order valence-electron chi connectivity index (χ3n) is 2.39. The van der Waals surface area contributed by atoms with E-state index in [1.165, 1.54) is 0 Å². The van der Waals surface area contributed by atoms with E-state index in [4.69, 9.17) is 0 Å². The van der Waals surface area contributed by atoms with E-state index in [9.17, 15) is 4.79 Å². The average molecular weight is 276 g/mol. The highest BCUT2D eigenvalue weighted by molar-refractivity contribution is 9.10. The molecule has 2 rings (SSSR count).